The van der Waals surface area contributed by atoms with Gasteiger partial charge in [-0.3, -0.25) is 5.41 Å². The highest BCUT2D eigenvalue weighted by atomic mass is 16.6. The normalized spacial score (nSPS) is 15.9. The molecule has 1 unspecified atom stereocenters. The molecule has 1 saturated heterocycles. The highest BCUT2D eigenvalue weighted by Gasteiger charge is 2.32. The fourth-order valence-corrected chi connectivity index (χ4v) is 3.53. The molecule has 1 heterocycles. The maximum Gasteiger partial charge on any atom is 0.410 e. The molecular formula is C24H32N4O4. The molecule has 1 fully saturated rings. The third-order valence-electron chi connectivity index (χ3n) is 5.11. The van der Waals surface area contributed by atoms with Crippen LogP contribution in [0.15, 0.2) is 42.5 Å². The summed E-state index contributed by atoms with van der Waals surface area (Å²) in [6.07, 6.45) is 1.54. The lowest BCUT2D eigenvalue weighted by Crippen LogP contribution is -2.42. The summed E-state index contributed by atoms with van der Waals surface area (Å²) < 4.78 is 16.8. The van der Waals surface area contributed by atoms with Crippen LogP contribution in [0, 0.1) is 5.41 Å². The van der Waals surface area contributed by atoms with Gasteiger partial charge in [0, 0.05) is 18.7 Å². The van der Waals surface area contributed by atoms with Gasteiger partial charge in [-0.25, -0.2) is 4.79 Å². The minimum atomic E-state index is -0.528. The van der Waals surface area contributed by atoms with Crippen LogP contribution in [-0.4, -0.2) is 48.7 Å². The van der Waals surface area contributed by atoms with E-state index in [1.54, 1.807) is 24.1 Å². The number of hydrogen-bond donors (Lipinski definition) is 3. The Labute approximate surface area is 189 Å². The molecule has 32 heavy (non-hydrogen) atoms. The first-order valence-corrected chi connectivity index (χ1v) is 10.7. The Kier molecular flexibility index (Phi) is 7.12. The summed E-state index contributed by atoms with van der Waals surface area (Å²) >= 11 is 0. The third-order valence-corrected chi connectivity index (χ3v) is 5.11. The number of methoxy groups -OCH3 is 1. The van der Waals surface area contributed by atoms with Crippen molar-refractivity contribution in [2.45, 2.75) is 45.3 Å². The van der Waals surface area contributed by atoms with Crippen molar-refractivity contribution in [3.05, 3.63) is 48.0 Å². The van der Waals surface area contributed by atoms with Crippen molar-refractivity contribution >= 4 is 17.6 Å². The van der Waals surface area contributed by atoms with Crippen LogP contribution in [0.5, 0.6) is 17.2 Å². The molecule has 8 nitrogen and oxygen atoms in total. The second-order valence-electron chi connectivity index (χ2n) is 8.75. The highest BCUT2D eigenvalue weighted by Crippen LogP contribution is 2.32. The molecule has 4 N–H and O–H groups in total. The third kappa shape index (κ3) is 6.06. The van der Waals surface area contributed by atoms with Crippen LogP contribution < -0.4 is 20.5 Å². The summed E-state index contributed by atoms with van der Waals surface area (Å²) in [4.78, 5) is 14.4. The summed E-state index contributed by atoms with van der Waals surface area (Å²) in [5.41, 5.74) is 6.46. The van der Waals surface area contributed by atoms with Gasteiger partial charge in [-0.2, -0.15) is 0 Å². The molecule has 0 saturated carbocycles. The minimum absolute atomic E-state index is 0.0196. The summed E-state index contributed by atoms with van der Waals surface area (Å²) in [7, 11) is 1.61. The lowest BCUT2D eigenvalue weighted by atomic mass is 10.1. The van der Waals surface area contributed by atoms with Crippen molar-refractivity contribution in [2.75, 3.05) is 25.5 Å². The molecule has 1 amide bonds. The number of hydrogen-bond acceptors (Lipinski definition) is 6. The zero-order valence-corrected chi connectivity index (χ0v) is 19.1. The number of ether oxygens (including phenoxy) is 3. The molecule has 1 atom stereocenters. The number of anilines is 1. The first-order chi connectivity index (χ1) is 15.2. The summed E-state index contributed by atoms with van der Waals surface area (Å²) in [6, 6.07) is 12.6. The molecule has 3 rings (SSSR count). The minimum Gasteiger partial charge on any atom is -0.497 e. The number of likely N-dealkylation sites (tertiary alicyclic amines) is 1. The topological polar surface area (TPSA) is 110 Å². The fourth-order valence-electron chi connectivity index (χ4n) is 3.53. The van der Waals surface area contributed by atoms with Crippen LogP contribution in [0.4, 0.5) is 10.5 Å². The number of amidine groups is 1. The van der Waals surface area contributed by atoms with Crippen molar-refractivity contribution in [2.24, 2.45) is 5.73 Å². The van der Waals surface area contributed by atoms with E-state index in [0.717, 1.165) is 24.3 Å². The van der Waals surface area contributed by atoms with E-state index >= 15 is 0 Å². The molecule has 0 aliphatic carbocycles. The molecule has 172 valence electrons. The van der Waals surface area contributed by atoms with Gasteiger partial charge in [0.25, 0.3) is 0 Å². The van der Waals surface area contributed by atoms with Crippen molar-refractivity contribution in [1.82, 2.24) is 4.90 Å². The van der Waals surface area contributed by atoms with Crippen molar-refractivity contribution in [1.29, 1.82) is 5.41 Å². The van der Waals surface area contributed by atoms with Gasteiger partial charge < -0.3 is 30.2 Å². The number of nitrogen functional groups attached to an aromatic ring is 1. The number of amides is 1. The molecule has 0 aromatic heterocycles. The molecule has 8 heteroatoms. The number of carbonyl (C=O) groups excluding carboxylic acids is 1. The van der Waals surface area contributed by atoms with E-state index in [0.29, 0.717) is 30.2 Å². The number of nitrogens with one attached hydrogen (secondary N) is 2. The highest BCUT2D eigenvalue weighted by molar-refractivity contribution is 5.96. The van der Waals surface area contributed by atoms with Crippen LogP contribution >= 0.6 is 0 Å². The summed E-state index contributed by atoms with van der Waals surface area (Å²) in [5, 5.41) is 11.1. The number of nitrogens with two attached hydrogens (primary N) is 1. The standard InChI is InChI=1S/C24H32N4O4/c1-24(2,3)32-23(29)28-13-5-6-17(28)15-27-20-12-7-16(22(25)26)14-21(20)31-19-10-8-18(30-4)9-11-19/h7-12,14,17,27H,5-6,13,15H2,1-4H3,(H3,25,26). The molecule has 1 aliphatic rings. The number of rotatable bonds is 7. The van der Waals surface area contributed by atoms with Crippen molar-refractivity contribution in [3.63, 3.8) is 0 Å². The Morgan fingerprint density at radius 2 is 1.88 bits per heavy atom. The van der Waals surface area contributed by atoms with Gasteiger partial charge in [-0.1, -0.05) is 0 Å². The number of nitrogens with zero attached hydrogens (tertiary/aromatic N) is 1. The van der Waals surface area contributed by atoms with Gasteiger partial charge in [0.15, 0.2) is 5.75 Å². The first-order valence-electron chi connectivity index (χ1n) is 10.7. The summed E-state index contributed by atoms with van der Waals surface area (Å²) in [5.74, 6) is 1.87. The van der Waals surface area contributed by atoms with E-state index in [1.807, 2.05) is 51.1 Å². The summed E-state index contributed by atoms with van der Waals surface area (Å²) in [6.45, 7) is 6.84. The van der Waals surface area contributed by atoms with Gasteiger partial charge in [0.05, 0.1) is 18.8 Å². The van der Waals surface area contributed by atoms with Gasteiger partial charge in [-0.05, 0) is 76.1 Å². The Balaban J connectivity index is 1.75. The van der Waals surface area contributed by atoms with E-state index in [1.165, 1.54) is 0 Å². The van der Waals surface area contributed by atoms with Gasteiger partial charge >= 0.3 is 6.09 Å². The van der Waals surface area contributed by atoms with Crippen molar-refractivity contribution < 1.29 is 19.0 Å². The second kappa shape index (κ2) is 9.80. The van der Waals surface area contributed by atoms with Gasteiger partial charge in [0.1, 0.15) is 22.9 Å². The predicted octanol–water partition coefficient (Wildman–Crippen LogP) is 4.58. The van der Waals surface area contributed by atoms with Crippen LogP contribution in [0.1, 0.15) is 39.2 Å². The Hall–Kier alpha value is -3.42. The fraction of sp³-hybridized carbons (Fsp3) is 0.417. The van der Waals surface area contributed by atoms with Gasteiger partial charge in [-0.15, -0.1) is 0 Å². The van der Waals surface area contributed by atoms with Crippen LogP contribution in [0.3, 0.4) is 0 Å². The van der Waals surface area contributed by atoms with E-state index in [-0.39, 0.29) is 18.0 Å². The average Bonchev–Trinajstić information content (AvgIpc) is 3.21. The molecule has 2 aromatic rings. The molecular weight excluding hydrogens is 408 g/mol. The van der Waals surface area contributed by atoms with Gasteiger partial charge in [0.2, 0.25) is 0 Å². The van der Waals surface area contributed by atoms with E-state index in [9.17, 15) is 4.79 Å². The predicted molar refractivity (Wildman–Crippen MR) is 125 cm³/mol. The quantitative estimate of drug-likeness (QED) is 0.429. The number of benzene rings is 2. The Morgan fingerprint density at radius 1 is 1.19 bits per heavy atom. The van der Waals surface area contributed by atoms with E-state index in [4.69, 9.17) is 25.4 Å². The van der Waals surface area contributed by atoms with Crippen LogP contribution in [0.25, 0.3) is 0 Å². The lowest BCUT2D eigenvalue weighted by molar-refractivity contribution is 0.0235. The number of carbonyl (C=O) groups is 1. The maximum absolute atomic E-state index is 12.6. The van der Waals surface area contributed by atoms with E-state index in [2.05, 4.69) is 5.32 Å². The van der Waals surface area contributed by atoms with Crippen molar-refractivity contribution in [3.8, 4) is 17.2 Å². The maximum atomic E-state index is 12.6. The lowest BCUT2D eigenvalue weighted by Gasteiger charge is -2.29. The molecule has 1 aliphatic heterocycles. The average molecular weight is 441 g/mol. The SMILES string of the molecule is COc1ccc(Oc2cc(C(=N)N)ccc2NCC2CCCN2C(=O)OC(C)(C)C)cc1. The Morgan fingerprint density at radius 3 is 2.50 bits per heavy atom. The smallest absolute Gasteiger partial charge is 0.410 e. The van der Waals surface area contributed by atoms with Crippen LogP contribution in [0.2, 0.25) is 0 Å². The zero-order valence-electron chi connectivity index (χ0n) is 19.1. The zero-order chi connectivity index (χ0) is 23.3. The Bertz CT molecular complexity index is 953. The largest absolute Gasteiger partial charge is 0.497 e. The molecule has 0 radical (unpaired) electrons. The monoisotopic (exact) mass is 440 g/mol. The first kappa shape index (κ1) is 23.2. The van der Waals surface area contributed by atoms with E-state index < -0.39 is 5.60 Å². The molecule has 0 spiro atoms. The molecule has 2 aromatic carbocycles. The second-order valence-corrected chi connectivity index (χ2v) is 8.75. The van der Waals surface area contributed by atoms with Crippen LogP contribution in [-0.2, 0) is 4.74 Å². The molecule has 0 bridgehead atoms.